The van der Waals surface area contributed by atoms with Crippen LogP contribution in [0.4, 0.5) is 0 Å². The molecule has 0 bridgehead atoms. The molecule has 0 heterocycles. The van der Waals surface area contributed by atoms with Crippen LogP contribution in [0.5, 0.6) is 0 Å². The van der Waals surface area contributed by atoms with E-state index in [1.807, 2.05) is 6.92 Å². The Kier molecular flexibility index (Phi) is 4.19. The molecule has 0 aromatic heterocycles. The molecule has 0 aliphatic heterocycles. The number of aryl methyl sites for hydroxylation is 2. The summed E-state index contributed by atoms with van der Waals surface area (Å²) in [6.45, 7) is 13.0. The predicted octanol–water partition coefficient (Wildman–Crippen LogP) is 4.44. The normalized spacial score (nSPS) is 11.9. The van der Waals surface area contributed by atoms with Gasteiger partial charge in [-0.25, -0.2) is 0 Å². The van der Waals surface area contributed by atoms with E-state index < -0.39 is 0 Å². The molecule has 0 N–H and O–H groups in total. The van der Waals surface area contributed by atoms with Gasteiger partial charge in [0.15, 0.2) is 0 Å². The molecule has 0 amide bonds. The second kappa shape index (κ2) is 5.21. The predicted molar refractivity (Wildman–Crippen MR) is 71.9 cm³/mol. The van der Waals surface area contributed by atoms with Crippen molar-refractivity contribution in [1.82, 2.24) is 0 Å². The van der Waals surface area contributed by atoms with Crippen LogP contribution in [0.2, 0.25) is 0 Å². The molecule has 0 heteroatoms. The monoisotopic (exact) mass is 214 g/mol. The van der Waals surface area contributed by atoms with Gasteiger partial charge in [-0.15, -0.1) is 11.8 Å². The molecule has 0 fully saturated rings. The van der Waals surface area contributed by atoms with Gasteiger partial charge in [-0.1, -0.05) is 13.0 Å². The van der Waals surface area contributed by atoms with Crippen LogP contribution >= 0.6 is 0 Å². The molecule has 1 atom stereocenters. The highest BCUT2D eigenvalue weighted by atomic mass is 14.2. The summed E-state index contributed by atoms with van der Waals surface area (Å²) < 4.78 is 0. The van der Waals surface area contributed by atoms with Crippen LogP contribution in [0.3, 0.4) is 0 Å². The first kappa shape index (κ1) is 12.8. The lowest BCUT2D eigenvalue weighted by Gasteiger charge is -2.19. The molecule has 0 aliphatic carbocycles. The maximum absolute atomic E-state index is 3.19. The summed E-state index contributed by atoms with van der Waals surface area (Å²) in [4.78, 5) is 0. The van der Waals surface area contributed by atoms with E-state index in [1.54, 1.807) is 0 Å². The number of hydrogen-bond donors (Lipinski definition) is 0. The maximum atomic E-state index is 3.19. The fraction of sp³-hybridized carbons (Fsp3) is 0.500. The van der Waals surface area contributed by atoms with Crippen molar-refractivity contribution >= 4 is 0 Å². The zero-order chi connectivity index (χ0) is 12.3. The second-order valence-electron chi connectivity index (χ2n) is 4.71. The van der Waals surface area contributed by atoms with E-state index in [0.29, 0.717) is 5.92 Å². The molecule has 16 heavy (non-hydrogen) atoms. The van der Waals surface area contributed by atoms with E-state index >= 15 is 0 Å². The first-order valence-corrected chi connectivity index (χ1v) is 5.96. The Morgan fingerprint density at radius 3 is 2.00 bits per heavy atom. The van der Waals surface area contributed by atoms with Gasteiger partial charge in [0.1, 0.15) is 0 Å². The smallest absolute Gasteiger partial charge is 0.0155 e. The summed E-state index contributed by atoms with van der Waals surface area (Å²) in [5.41, 5.74) is 7.17. The molecule has 86 valence electrons. The SMILES string of the molecule is CC#CCC(C)c1c(C)c(C)cc(C)c1C. The van der Waals surface area contributed by atoms with Gasteiger partial charge in [0, 0.05) is 6.42 Å². The van der Waals surface area contributed by atoms with Crippen molar-refractivity contribution in [2.75, 3.05) is 0 Å². The van der Waals surface area contributed by atoms with Gasteiger partial charge in [0.05, 0.1) is 0 Å². The summed E-state index contributed by atoms with van der Waals surface area (Å²) in [6, 6.07) is 2.28. The number of benzene rings is 1. The summed E-state index contributed by atoms with van der Waals surface area (Å²) in [6.07, 6.45) is 0.959. The lowest BCUT2D eigenvalue weighted by atomic mass is 9.85. The number of hydrogen-bond acceptors (Lipinski definition) is 0. The molecular weight excluding hydrogens is 192 g/mol. The summed E-state index contributed by atoms with van der Waals surface area (Å²) >= 11 is 0. The highest BCUT2D eigenvalue weighted by Crippen LogP contribution is 2.30. The molecule has 0 spiro atoms. The van der Waals surface area contributed by atoms with Gasteiger partial charge in [-0.2, -0.15) is 0 Å². The molecule has 1 aromatic carbocycles. The quantitative estimate of drug-likeness (QED) is 0.639. The minimum atomic E-state index is 0.533. The average Bonchev–Trinajstić information content (AvgIpc) is 2.24. The Balaban J connectivity index is 3.24. The van der Waals surface area contributed by atoms with Gasteiger partial charge in [0.2, 0.25) is 0 Å². The van der Waals surface area contributed by atoms with E-state index in [4.69, 9.17) is 0 Å². The lowest BCUT2D eigenvalue weighted by molar-refractivity contribution is 0.777. The van der Waals surface area contributed by atoms with Crippen molar-refractivity contribution in [1.29, 1.82) is 0 Å². The lowest BCUT2D eigenvalue weighted by Crippen LogP contribution is -2.03. The third-order valence-corrected chi connectivity index (χ3v) is 3.50. The van der Waals surface area contributed by atoms with Crippen molar-refractivity contribution in [3.63, 3.8) is 0 Å². The van der Waals surface area contributed by atoms with E-state index in [2.05, 4.69) is 52.5 Å². The Hall–Kier alpha value is -1.22. The van der Waals surface area contributed by atoms with Crippen LogP contribution < -0.4 is 0 Å². The Morgan fingerprint density at radius 2 is 1.56 bits per heavy atom. The van der Waals surface area contributed by atoms with Crippen LogP contribution in [0.25, 0.3) is 0 Å². The molecule has 1 rings (SSSR count). The Bertz CT molecular complexity index is 415. The van der Waals surface area contributed by atoms with E-state index in [9.17, 15) is 0 Å². The molecule has 0 radical (unpaired) electrons. The zero-order valence-corrected chi connectivity index (χ0v) is 11.4. The average molecular weight is 214 g/mol. The van der Waals surface area contributed by atoms with Gasteiger partial charge < -0.3 is 0 Å². The summed E-state index contributed by atoms with van der Waals surface area (Å²) in [7, 11) is 0. The van der Waals surface area contributed by atoms with Gasteiger partial charge in [0.25, 0.3) is 0 Å². The van der Waals surface area contributed by atoms with E-state index in [0.717, 1.165) is 6.42 Å². The van der Waals surface area contributed by atoms with Crippen LogP contribution in [0.15, 0.2) is 6.07 Å². The molecular formula is C16H22. The molecule has 1 unspecified atom stereocenters. The standard InChI is InChI=1S/C16H22/c1-7-8-9-11(2)16-14(5)12(3)10-13(4)15(16)6/h10-11H,9H2,1-6H3. The molecule has 1 aromatic rings. The van der Waals surface area contributed by atoms with Gasteiger partial charge in [-0.05, 0) is 68.4 Å². The fourth-order valence-electron chi connectivity index (χ4n) is 2.34. The number of rotatable bonds is 2. The van der Waals surface area contributed by atoms with Gasteiger partial charge >= 0.3 is 0 Å². The van der Waals surface area contributed by atoms with E-state index in [1.165, 1.54) is 27.8 Å². The van der Waals surface area contributed by atoms with Crippen molar-refractivity contribution < 1.29 is 0 Å². The molecule has 0 aliphatic rings. The molecule has 0 saturated heterocycles. The van der Waals surface area contributed by atoms with Crippen molar-refractivity contribution in [2.24, 2.45) is 0 Å². The van der Waals surface area contributed by atoms with Crippen LogP contribution in [-0.2, 0) is 0 Å². The summed E-state index contributed by atoms with van der Waals surface area (Å²) in [5.74, 6) is 6.71. The molecule has 0 saturated carbocycles. The Labute approximate surface area is 100 Å². The molecule has 0 nitrogen and oxygen atoms in total. The second-order valence-corrected chi connectivity index (χ2v) is 4.71. The summed E-state index contributed by atoms with van der Waals surface area (Å²) in [5, 5.41) is 0. The topological polar surface area (TPSA) is 0 Å². The van der Waals surface area contributed by atoms with Crippen molar-refractivity contribution in [2.45, 2.75) is 53.9 Å². The third kappa shape index (κ3) is 2.47. The highest BCUT2D eigenvalue weighted by molar-refractivity contribution is 5.46. The largest absolute Gasteiger partial charge is 0.107 e. The highest BCUT2D eigenvalue weighted by Gasteiger charge is 2.13. The third-order valence-electron chi connectivity index (χ3n) is 3.50. The minimum absolute atomic E-state index is 0.533. The van der Waals surface area contributed by atoms with Crippen LogP contribution in [-0.4, -0.2) is 0 Å². The zero-order valence-electron chi connectivity index (χ0n) is 11.4. The van der Waals surface area contributed by atoms with Crippen LogP contribution in [0, 0.1) is 39.5 Å². The first-order valence-electron chi connectivity index (χ1n) is 5.96. The minimum Gasteiger partial charge on any atom is -0.107 e. The maximum Gasteiger partial charge on any atom is 0.0155 e. The first-order chi connectivity index (χ1) is 7.49. The van der Waals surface area contributed by atoms with Crippen molar-refractivity contribution in [3.05, 3.63) is 33.9 Å². The fourth-order valence-corrected chi connectivity index (χ4v) is 2.34. The van der Waals surface area contributed by atoms with E-state index in [-0.39, 0.29) is 0 Å². The van der Waals surface area contributed by atoms with Crippen molar-refractivity contribution in [3.8, 4) is 11.8 Å². The van der Waals surface area contributed by atoms with Crippen LogP contribution in [0.1, 0.15) is 54.0 Å². The Morgan fingerprint density at radius 1 is 1.06 bits per heavy atom. The van der Waals surface area contributed by atoms with Gasteiger partial charge in [-0.3, -0.25) is 0 Å².